The molecule has 0 aromatic heterocycles. The van der Waals surface area contributed by atoms with Gasteiger partial charge in [0.05, 0.1) is 14.1 Å². The number of benzene rings is 2. The molecule has 0 spiro atoms. The number of ether oxygens (including phenoxy) is 2. The van der Waals surface area contributed by atoms with Crippen molar-refractivity contribution in [2.75, 3.05) is 14.1 Å². The number of likely N-dealkylation sites (N-methyl/N-ethyl adjacent to an activating group) is 1. The molecular weight excluding hydrogens is 338 g/mol. The minimum absolute atomic E-state index is 0.00924. The summed E-state index contributed by atoms with van der Waals surface area (Å²) in [6.07, 6.45) is 2.58. The first-order chi connectivity index (χ1) is 13.1. The van der Waals surface area contributed by atoms with Crippen LogP contribution in [-0.2, 0) is 14.3 Å². The molecular formula is C23H24NO3+. The zero-order valence-electron chi connectivity index (χ0n) is 15.7. The first-order valence-electron chi connectivity index (χ1n) is 9.93. The molecule has 0 N–H and O–H groups in total. The number of nitrogens with zero attached hydrogens (tertiary/aromatic N) is 1. The minimum atomic E-state index is -0.301. The maximum atomic E-state index is 13.3. The van der Waals surface area contributed by atoms with Crippen molar-refractivity contribution in [3.8, 4) is 11.1 Å². The van der Waals surface area contributed by atoms with Gasteiger partial charge in [0.2, 0.25) is 0 Å². The van der Waals surface area contributed by atoms with Gasteiger partial charge in [-0.1, -0.05) is 48.5 Å². The molecule has 3 fully saturated rings. The largest absolute Gasteiger partial charge is 0.461 e. The first-order valence-corrected chi connectivity index (χ1v) is 9.93. The van der Waals surface area contributed by atoms with Gasteiger partial charge >= 0.3 is 5.97 Å². The van der Waals surface area contributed by atoms with Crippen LogP contribution in [0.15, 0.2) is 48.5 Å². The average molecular weight is 362 g/mol. The summed E-state index contributed by atoms with van der Waals surface area (Å²) in [5, 5.41) is 0. The lowest BCUT2D eigenvalue weighted by atomic mass is 9.95. The molecule has 0 amide bonds. The molecule has 2 aromatic carbocycles. The number of epoxide rings is 1. The molecule has 4 nitrogen and oxygen atoms in total. The molecule has 0 radical (unpaired) electrons. The van der Waals surface area contributed by atoms with Gasteiger partial charge in [-0.25, -0.2) is 0 Å². The van der Waals surface area contributed by atoms with E-state index in [4.69, 9.17) is 9.47 Å². The zero-order chi connectivity index (χ0) is 18.3. The number of esters is 1. The summed E-state index contributed by atoms with van der Waals surface area (Å²) in [6.45, 7) is 0. The Hall–Kier alpha value is -2.17. The Morgan fingerprint density at radius 2 is 1.44 bits per heavy atom. The van der Waals surface area contributed by atoms with Crippen molar-refractivity contribution in [2.24, 2.45) is 0 Å². The molecule has 6 rings (SSSR count). The van der Waals surface area contributed by atoms with Gasteiger partial charge in [0.1, 0.15) is 36.3 Å². The van der Waals surface area contributed by atoms with Crippen molar-refractivity contribution in [1.82, 2.24) is 0 Å². The lowest BCUT2D eigenvalue weighted by Crippen LogP contribution is -2.60. The summed E-state index contributed by atoms with van der Waals surface area (Å²) in [4.78, 5) is 13.3. The summed E-state index contributed by atoms with van der Waals surface area (Å²) in [5.74, 6) is -0.399. The molecule has 138 valence electrons. The van der Waals surface area contributed by atoms with E-state index in [0.29, 0.717) is 24.3 Å². The Bertz CT molecular complexity index is 887. The predicted molar refractivity (Wildman–Crippen MR) is 101 cm³/mol. The van der Waals surface area contributed by atoms with Crippen LogP contribution in [-0.4, -0.2) is 54.9 Å². The second kappa shape index (κ2) is 5.21. The quantitative estimate of drug-likeness (QED) is 0.468. The Balaban J connectivity index is 1.28. The third-order valence-electron chi connectivity index (χ3n) is 7.39. The highest BCUT2D eigenvalue weighted by molar-refractivity contribution is 5.93. The number of hydrogen-bond acceptors (Lipinski definition) is 3. The molecule has 4 aliphatic rings. The van der Waals surface area contributed by atoms with E-state index in [1.165, 1.54) is 0 Å². The normalized spacial score (nSPS) is 34.5. The summed E-state index contributed by atoms with van der Waals surface area (Å²) in [7, 11) is 4.60. The Morgan fingerprint density at radius 3 is 2.00 bits per heavy atom. The summed E-state index contributed by atoms with van der Waals surface area (Å²) in [5.41, 5.74) is 4.46. The Kier molecular flexibility index (Phi) is 3.06. The SMILES string of the molecule is C[N+]1(C)[C@H]2CC(OC(=O)C3c4ccccc4-c4ccccc43)C[C@H]1C1OC12. The van der Waals surface area contributed by atoms with E-state index in [0.717, 1.165) is 39.6 Å². The van der Waals surface area contributed by atoms with Crippen molar-refractivity contribution in [1.29, 1.82) is 0 Å². The summed E-state index contributed by atoms with van der Waals surface area (Å²) in [6, 6.07) is 17.3. The number of carbonyl (C=O) groups is 1. The number of hydrogen-bond donors (Lipinski definition) is 0. The van der Waals surface area contributed by atoms with Crippen LogP contribution in [0.3, 0.4) is 0 Å². The van der Waals surface area contributed by atoms with Crippen LogP contribution in [0.5, 0.6) is 0 Å². The van der Waals surface area contributed by atoms with Gasteiger partial charge in [-0.2, -0.15) is 0 Å². The second-order valence-electron chi connectivity index (χ2n) is 8.97. The Morgan fingerprint density at radius 1 is 0.926 bits per heavy atom. The number of rotatable bonds is 2. The average Bonchev–Trinajstić information content (AvgIpc) is 3.34. The van der Waals surface area contributed by atoms with Gasteiger partial charge in [0, 0.05) is 12.8 Å². The fourth-order valence-corrected chi connectivity index (χ4v) is 5.94. The summed E-state index contributed by atoms with van der Waals surface area (Å²) < 4.78 is 13.0. The van der Waals surface area contributed by atoms with E-state index in [2.05, 4.69) is 38.4 Å². The van der Waals surface area contributed by atoms with Crippen molar-refractivity contribution in [3.63, 3.8) is 0 Å². The van der Waals surface area contributed by atoms with Gasteiger partial charge in [0.25, 0.3) is 0 Å². The predicted octanol–water partition coefficient (Wildman–Crippen LogP) is 3.10. The maximum absolute atomic E-state index is 13.3. The van der Waals surface area contributed by atoms with Crippen molar-refractivity contribution < 1.29 is 18.8 Å². The van der Waals surface area contributed by atoms with Crippen LogP contribution in [0.25, 0.3) is 11.1 Å². The van der Waals surface area contributed by atoms with E-state index < -0.39 is 0 Å². The van der Waals surface area contributed by atoms with Crippen LogP contribution in [0.1, 0.15) is 29.9 Å². The van der Waals surface area contributed by atoms with E-state index >= 15 is 0 Å². The molecule has 2 bridgehead atoms. The van der Waals surface area contributed by atoms with E-state index in [-0.39, 0.29) is 18.0 Å². The van der Waals surface area contributed by atoms with Crippen LogP contribution in [0, 0.1) is 0 Å². The highest BCUT2D eigenvalue weighted by atomic mass is 16.6. The first kappa shape index (κ1) is 15.8. The molecule has 3 saturated heterocycles. The molecule has 0 saturated carbocycles. The standard InChI is InChI=1S/C23H24NO3/c1-24(2)18-11-13(12-19(24)22-21(18)27-22)26-23(25)20-16-9-5-3-7-14(16)15-8-4-6-10-17(15)20/h3-10,13,18-22H,11-12H2,1-2H3/q+1/t13?,18-,19-,21?,22?/m0/s1. The lowest BCUT2D eigenvalue weighted by Gasteiger charge is -2.45. The molecule has 1 aliphatic carbocycles. The third-order valence-corrected chi connectivity index (χ3v) is 7.39. The number of fused-ring (bicyclic) bond motifs is 8. The molecule has 2 aromatic rings. The highest BCUT2D eigenvalue weighted by Gasteiger charge is 2.70. The van der Waals surface area contributed by atoms with Crippen molar-refractivity contribution >= 4 is 5.97 Å². The van der Waals surface area contributed by atoms with Gasteiger partial charge in [-0.15, -0.1) is 0 Å². The second-order valence-corrected chi connectivity index (χ2v) is 8.97. The smallest absolute Gasteiger partial charge is 0.318 e. The molecule has 27 heavy (non-hydrogen) atoms. The number of carbonyl (C=O) groups excluding carboxylic acids is 1. The van der Waals surface area contributed by atoms with Crippen LogP contribution in [0.2, 0.25) is 0 Å². The topological polar surface area (TPSA) is 38.8 Å². The van der Waals surface area contributed by atoms with Gasteiger partial charge < -0.3 is 14.0 Å². The van der Waals surface area contributed by atoms with Crippen LogP contribution >= 0.6 is 0 Å². The fraction of sp³-hybridized carbons (Fsp3) is 0.435. The molecule has 2 unspecified atom stereocenters. The minimum Gasteiger partial charge on any atom is -0.461 e. The lowest BCUT2D eigenvalue weighted by molar-refractivity contribution is -0.938. The van der Waals surface area contributed by atoms with Gasteiger partial charge in [-0.05, 0) is 22.3 Å². The van der Waals surface area contributed by atoms with Crippen LogP contribution < -0.4 is 0 Å². The highest BCUT2D eigenvalue weighted by Crippen LogP contribution is 2.52. The molecule has 3 aliphatic heterocycles. The van der Waals surface area contributed by atoms with Crippen molar-refractivity contribution in [3.05, 3.63) is 59.7 Å². The molecule has 3 heterocycles. The van der Waals surface area contributed by atoms with Gasteiger partial charge in [-0.3, -0.25) is 4.79 Å². The number of piperidine rings is 1. The summed E-state index contributed by atoms with van der Waals surface area (Å²) >= 11 is 0. The third kappa shape index (κ3) is 2.08. The van der Waals surface area contributed by atoms with E-state index in [1.807, 2.05) is 24.3 Å². The fourth-order valence-electron chi connectivity index (χ4n) is 5.94. The zero-order valence-corrected chi connectivity index (χ0v) is 15.7. The maximum Gasteiger partial charge on any atom is 0.318 e. The molecule has 4 heteroatoms. The monoisotopic (exact) mass is 362 g/mol. The number of quaternary nitrogens is 1. The van der Waals surface area contributed by atoms with Crippen molar-refractivity contribution in [2.45, 2.75) is 49.2 Å². The molecule has 4 atom stereocenters. The van der Waals surface area contributed by atoms with Crippen LogP contribution in [0.4, 0.5) is 0 Å². The Labute approximate surface area is 159 Å². The van der Waals surface area contributed by atoms with Gasteiger partial charge in [0.15, 0.2) is 0 Å². The van der Waals surface area contributed by atoms with E-state index in [9.17, 15) is 4.79 Å². The van der Waals surface area contributed by atoms with E-state index in [1.54, 1.807) is 0 Å². The number of morpholine rings is 1.